The number of rotatable bonds is 5. The van der Waals surface area contributed by atoms with Crippen molar-refractivity contribution in [3.63, 3.8) is 0 Å². The van der Waals surface area contributed by atoms with Gasteiger partial charge in [0.15, 0.2) is 0 Å². The van der Waals surface area contributed by atoms with Crippen LogP contribution in [0.15, 0.2) is 12.3 Å². The molecule has 1 aliphatic heterocycles. The molecular formula is C17H23F3N4O2. The molecule has 0 saturated carbocycles. The summed E-state index contributed by atoms with van der Waals surface area (Å²) in [7, 11) is 3.29. The second-order valence-corrected chi connectivity index (χ2v) is 6.59. The van der Waals surface area contributed by atoms with Crippen molar-refractivity contribution < 1.29 is 22.8 Å². The molecule has 0 aliphatic carbocycles. The van der Waals surface area contributed by atoms with Gasteiger partial charge in [0.25, 0.3) is 0 Å². The van der Waals surface area contributed by atoms with Crippen molar-refractivity contribution in [2.24, 2.45) is 0 Å². The molecule has 1 aromatic heterocycles. The highest BCUT2D eigenvalue weighted by Gasteiger charge is 2.36. The summed E-state index contributed by atoms with van der Waals surface area (Å²) in [6.45, 7) is 1.80. The number of likely N-dealkylation sites (N-methyl/N-ethyl adjacent to an activating group) is 1. The molecule has 2 rings (SSSR count). The van der Waals surface area contributed by atoms with Crippen LogP contribution in [0.4, 0.5) is 13.2 Å². The molecule has 1 aromatic rings. The van der Waals surface area contributed by atoms with Gasteiger partial charge in [-0.1, -0.05) is 0 Å². The Bertz CT molecular complexity index is 676. The maximum atomic E-state index is 13.4. The van der Waals surface area contributed by atoms with Crippen molar-refractivity contribution in [3.8, 4) is 0 Å². The van der Waals surface area contributed by atoms with E-state index in [9.17, 15) is 22.8 Å². The lowest BCUT2D eigenvalue weighted by Crippen LogP contribution is -2.36. The van der Waals surface area contributed by atoms with Crippen LogP contribution in [0.25, 0.3) is 0 Å². The number of carbonyl (C=O) groups is 2. The van der Waals surface area contributed by atoms with Crippen LogP contribution in [0.5, 0.6) is 0 Å². The Kier molecular flexibility index (Phi) is 6.22. The molecule has 0 radical (unpaired) electrons. The molecule has 1 N–H and O–H groups in total. The number of aromatic nitrogens is 1. The molecule has 2 heterocycles. The van der Waals surface area contributed by atoms with E-state index < -0.39 is 17.6 Å². The number of carbonyl (C=O) groups excluding carboxylic acids is 2. The van der Waals surface area contributed by atoms with Gasteiger partial charge >= 0.3 is 6.18 Å². The Morgan fingerprint density at radius 3 is 2.65 bits per heavy atom. The number of halogens is 3. The molecule has 0 spiro atoms. The van der Waals surface area contributed by atoms with Crippen LogP contribution in [0.1, 0.15) is 42.6 Å². The van der Waals surface area contributed by atoms with Gasteiger partial charge in [0.1, 0.15) is 0 Å². The highest BCUT2D eigenvalue weighted by atomic mass is 19.4. The van der Waals surface area contributed by atoms with Gasteiger partial charge in [0.05, 0.1) is 23.8 Å². The van der Waals surface area contributed by atoms with E-state index in [1.165, 1.54) is 18.0 Å². The highest BCUT2D eigenvalue weighted by Crippen LogP contribution is 2.36. The predicted molar refractivity (Wildman–Crippen MR) is 89.0 cm³/mol. The Balaban J connectivity index is 2.28. The van der Waals surface area contributed by atoms with Gasteiger partial charge in [-0.05, 0) is 25.5 Å². The smallest absolute Gasteiger partial charge is 0.352 e. The summed E-state index contributed by atoms with van der Waals surface area (Å²) in [5, 5.41) is 2.37. The second-order valence-electron chi connectivity index (χ2n) is 6.59. The van der Waals surface area contributed by atoms with E-state index >= 15 is 0 Å². The zero-order valence-corrected chi connectivity index (χ0v) is 15.1. The van der Waals surface area contributed by atoms with Gasteiger partial charge in [0, 0.05) is 39.3 Å². The summed E-state index contributed by atoms with van der Waals surface area (Å²) in [6, 6.07) is 0.718. The van der Waals surface area contributed by atoms with Crippen LogP contribution in [0.3, 0.4) is 0 Å². The standard InChI is InChI=1S/C17H23F3N4O2/c1-11(25)21-8-12-9-22-14(7-13(12)17(18,19)20)15-5-4-6-24(15)10-16(26)23(2)3/h7,9,15H,4-6,8,10H2,1-3H3,(H,21,25). The second kappa shape index (κ2) is 8.03. The zero-order valence-electron chi connectivity index (χ0n) is 15.1. The summed E-state index contributed by atoms with van der Waals surface area (Å²) >= 11 is 0. The number of nitrogens with zero attached hydrogens (tertiary/aromatic N) is 3. The number of amides is 2. The normalized spacial score (nSPS) is 18.0. The SMILES string of the molecule is CC(=O)NCc1cnc(C2CCCN2CC(=O)N(C)C)cc1C(F)(F)F. The maximum absolute atomic E-state index is 13.4. The topological polar surface area (TPSA) is 65.5 Å². The number of pyridine rings is 1. The molecule has 2 amide bonds. The van der Waals surface area contributed by atoms with Gasteiger partial charge < -0.3 is 10.2 Å². The Labute approximate surface area is 150 Å². The quantitative estimate of drug-likeness (QED) is 0.858. The number of hydrogen-bond donors (Lipinski definition) is 1. The lowest BCUT2D eigenvalue weighted by molar-refractivity contribution is -0.138. The third-order valence-electron chi connectivity index (χ3n) is 4.38. The third-order valence-corrected chi connectivity index (χ3v) is 4.38. The predicted octanol–water partition coefficient (Wildman–Crippen LogP) is 1.96. The van der Waals surface area contributed by atoms with Crippen LogP contribution in [-0.4, -0.2) is 53.8 Å². The largest absolute Gasteiger partial charge is 0.416 e. The lowest BCUT2D eigenvalue weighted by atomic mass is 10.0. The van der Waals surface area contributed by atoms with E-state index in [4.69, 9.17) is 0 Å². The average molecular weight is 372 g/mol. The maximum Gasteiger partial charge on any atom is 0.416 e. The number of hydrogen-bond acceptors (Lipinski definition) is 4. The minimum atomic E-state index is -4.55. The van der Waals surface area contributed by atoms with Crippen molar-refractivity contribution in [2.45, 2.75) is 38.5 Å². The van der Waals surface area contributed by atoms with Crippen LogP contribution in [0.2, 0.25) is 0 Å². The summed E-state index contributed by atoms with van der Waals surface area (Å²) in [4.78, 5) is 30.5. The Morgan fingerprint density at radius 1 is 1.38 bits per heavy atom. The molecule has 1 unspecified atom stereocenters. The molecule has 1 aliphatic rings. The van der Waals surface area contributed by atoms with Crippen LogP contribution in [-0.2, 0) is 22.3 Å². The lowest BCUT2D eigenvalue weighted by Gasteiger charge is -2.25. The first-order valence-electron chi connectivity index (χ1n) is 8.34. The third kappa shape index (κ3) is 4.94. The van der Waals surface area contributed by atoms with E-state index in [-0.39, 0.29) is 30.6 Å². The summed E-state index contributed by atoms with van der Waals surface area (Å²) in [5.41, 5.74) is -0.583. The molecule has 1 saturated heterocycles. The van der Waals surface area contributed by atoms with Crippen molar-refractivity contribution >= 4 is 11.8 Å². The van der Waals surface area contributed by atoms with Crippen LogP contribution >= 0.6 is 0 Å². The Morgan fingerprint density at radius 2 is 2.08 bits per heavy atom. The zero-order chi connectivity index (χ0) is 19.5. The fourth-order valence-electron chi connectivity index (χ4n) is 2.97. The minimum absolute atomic E-state index is 0.0784. The van der Waals surface area contributed by atoms with Crippen molar-refractivity contribution in [3.05, 3.63) is 29.1 Å². The molecule has 6 nitrogen and oxygen atoms in total. The van der Waals surface area contributed by atoms with E-state index in [2.05, 4.69) is 10.3 Å². The van der Waals surface area contributed by atoms with Crippen LogP contribution in [0, 0.1) is 0 Å². The molecule has 1 fully saturated rings. The van der Waals surface area contributed by atoms with E-state index in [0.717, 1.165) is 12.5 Å². The first kappa shape index (κ1) is 20.2. The van der Waals surface area contributed by atoms with E-state index in [0.29, 0.717) is 18.7 Å². The van der Waals surface area contributed by atoms with Gasteiger partial charge in [-0.25, -0.2) is 0 Å². The van der Waals surface area contributed by atoms with Gasteiger partial charge in [-0.3, -0.25) is 19.5 Å². The van der Waals surface area contributed by atoms with Gasteiger partial charge in [-0.15, -0.1) is 0 Å². The van der Waals surface area contributed by atoms with Crippen molar-refractivity contribution in [2.75, 3.05) is 27.2 Å². The number of alkyl halides is 3. The summed E-state index contributed by atoms with van der Waals surface area (Å²) < 4.78 is 40.3. The monoisotopic (exact) mass is 372 g/mol. The average Bonchev–Trinajstić information content (AvgIpc) is 2.99. The fourth-order valence-corrected chi connectivity index (χ4v) is 2.97. The molecule has 0 bridgehead atoms. The van der Waals surface area contributed by atoms with Crippen molar-refractivity contribution in [1.29, 1.82) is 0 Å². The van der Waals surface area contributed by atoms with Crippen molar-refractivity contribution in [1.82, 2.24) is 20.1 Å². The molecule has 9 heteroatoms. The minimum Gasteiger partial charge on any atom is -0.352 e. The first-order valence-corrected chi connectivity index (χ1v) is 8.34. The van der Waals surface area contributed by atoms with E-state index in [1.807, 2.05) is 4.90 Å². The highest BCUT2D eigenvalue weighted by molar-refractivity contribution is 5.77. The van der Waals surface area contributed by atoms with Crippen LogP contribution < -0.4 is 5.32 Å². The molecule has 0 aromatic carbocycles. The van der Waals surface area contributed by atoms with Gasteiger partial charge in [0.2, 0.25) is 11.8 Å². The Hall–Kier alpha value is -2.16. The molecule has 144 valence electrons. The summed E-state index contributed by atoms with van der Waals surface area (Å²) in [5.74, 6) is -0.512. The van der Waals surface area contributed by atoms with Gasteiger partial charge in [-0.2, -0.15) is 13.2 Å². The molecule has 26 heavy (non-hydrogen) atoms. The summed E-state index contributed by atoms with van der Waals surface area (Å²) in [6.07, 6.45) is -1.94. The fraction of sp³-hybridized carbons (Fsp3) is 0.588. The number of likely N-dealkylation sites (tertiary alicyclic amines) is 1. The molecule has 1 atom stereocenters. The van der Waals surface area contributed by atoms with E-state index in [1.54, 1.807) is 14.1 Å². The first-order chi connectivity index (χ1) is 12.1. The molecular weight excluding hydrogens is 349 g/mol. The number of nitrogens with one attached hydrogen (secondary N) is 1.